The summed E-state index contributed by atoms with van der Waals surface area (Å²) in [7, 11) is 0. The highest BCUT2D eigenvalue weighted by molar-refractivity contribution is 6.18. The number of esters is 1. The lowest BCUT2D eigenvalue weighted by Gasteiger charge is -2.57. The van der Waals surface area contributed by atoms with Crippen molar-refractivity contribution in [1.29, 1.82) is 0 Å². The van der Waals surface area contributed by atoms with Gasteiger partial charge >= 0.3 is 5.97 Å². The standard InChI is InChI=1S/C35H45Cl2NO6/c1-33-14-12-29-27(11-8-24-20-26(39)21-30(40)34(24,29)2)28(33)13-15-35(33,43)31(41)22-44-32(42)5-3-4-23-6-9-25(10-7-23)38(18-16-36)19-17-37/h6-7,9-10,20-21,27-29,39,43H,3-5,8,11-19,22H2,1-2H3/t27-,28-,29-,33-,34-,35-/m0/s1. The zero-order valence-electron chi connectivity index (χ0n) is 25.8. The lowest BCUT2D eigenvalue weighted by molar-refractivity contribution is -0.170. The Labute approximate surface area is 270 Å². The highest BCUT2D eigenvalue weighted by Gasteiger charge is 2.67. The summed E-state index contributed by atoms with van der Waals surface area (Å²) in [6.07, 6.45) is 8.56. The number of nitrogens with zero attached hydrogens (tertiary/aromatic N) is 1. The van der Waals surface area contributed by atoms with Gasteiger partial charge in [0, 0.05) is 48.4 Å². The third-order valence-electron chi connectivity index (χ3n) is 11.5. The van der Waals surface area contributed by atoms with Gasteiger partial charge in [0.25, 0.3) is 0 Å². The molecule has 4 aliphatic carbocycles. The highest BCUT2D eigenvalue weighted by atomic mass is 35.5. The number of aryl methyl sites for hydroxylation is 1. The van der Waals surface area contributed by atoms with Gasteiger partial charge in [-0.2, -0.15) is 0 Å². The van der Waals surface area contributed by atoms with Gasteiger partial charge in [-0.3, -0.25) is 14.4 Å². The second-order valence-corrected chi connectivity index (χ2v) is 14.3. The third-order valence-corrected chi connectivity index (χ3v) is 11.9. The van der Waals surface area contributed by atoms with Crippen LogP contribution >= 0.6 is 23.2 Å². The molecule has 4 aliphatic rings. The molecule has 5 rings (SSSR count). The topological polar surface area (TPSA) is 104 Å². The average molecular weight is 647 g/mol. The summed E-state index contributed by atoms with van der Waals surface area (Å²) < 4.78 is 5.40. The number of fused-ring (bicyclic) bond motifs is 5. The fraction of sp³-hybridized carbons (Fsp3) is 0.629. The van der Waals surface area contributed by atoms with E-state index in [-0.39, 0.29) is 35.7 Å². The third kappa shape index (κ3) is 5.85. The number of hydrogen-bond acceptors (Lipinski definition) is 7. The highest BCUT2D eigenvalue weighted by Crippen LogP contribution is 2.67. The van der Waals surface area contributed by atoms with Gasteiger partial charge in [0.05, 0.1) is 5.41 Å². The number of rotatable bonds is 12. The molecule has 0 spiro atoms. The molecular formula is C35H45Cl2NO6. The molecule has 0 aliphatic heterocycles. The van der Waals surface area contributed by atoms with E-state index < -0.39 is 34.8 Å². The smallest absolute Gasteiger partial charge is 0.306 e. The van der Waals surface area contributed by atoms with E-state index >= 15 is 0 Å². The Balaban J connectivity index is 1.14. The number of Topliss-reactive ketones (excluding diaryl/α,β-unsaturated/α-hetero) is 1. The van der Waals surface area contributed by atoms with Gasteiger partial charge in [-0.15, -0.1) is 23.2 Å². The summed E-state index contributed by atoms with van der Waals surface area (Å²) in [5.74, 6) is 0.569. The van der Waals surface area contributed by atoms with E-state index in [1.54, 1.807) is 6.08 Å². The van der Waals surface area contributed by atoms with Crippen molar-refractivity contribution in [3.63, 3.8) is 0 Å². The molecule has 0 unspecified atom stereocenters. The van der Waals surface area contributed by atoms with Gasteiger partial charge in [-0.05, 0) is 99.8 Å². The first-order valence-electron chi connectivity index (χ1n) is 16.0. The number of halogens is 2. The number of ether oxygens (including phenoxy) is 1. The summed E-state index contributed by atoms with van der Waals surface area (Å²) in [5.41, 5.74) is 0.315. The van der Waals surface area contributed by atoms with Crippen LogP contribution in [-0.4, -0.2) is 64.8 Å². The minimum atomic E-state index is -1.56. The molecule has 0 amide bonds. The van der Waals surface area contributed by atoms with Gasteiger partial charge in [-0.1, -0.05) is 24.6 Å². The molecule has 1 aromatic carbocycles. The van der Waals surface area contributed by atoms with Crippen molar-refractivity contribution in [2.24, 2.45) is 28.6 Å². The van der Waals surface area contributed by atoms with Crippen LogP contribution in [0.3, 0.4) is 0 Å². The van der Waals surface area contributed by atoms with Crippen LogP contribution in [-0.2, 0) is 25.5 Å². The molecule has 0 saturated heterocycles. The largest absolute Gasteiger partial charge is 0.508 e. The summed E-state index contributed by atoms with van der Waals surface area (Å²) in [5, 5.41) is 21.9. The Morgan fingerprint density at radius 3 is 2.36 bits per heavy atom. The van der Waals surface area contributed by atoms with E-state index in [4.69, 9.17) is 27.9 Å². The fourth-order valence-electron chi connectivity index (χ4n) is 8.99. The van der Waals surface area contributed by atoms with E-state index in [0.717, 1.165) is 49.2 Å². The van der Waals surface area contributed by atoms with Gasteiger partial charge in [-0.25, -0.2) is 0 Å². The number of anilines is 1. The Hall–Kier alpha value is -2.35. The Morgan fingerprint density at radius 1 is 1.00 bits per heavy atom. The van der Waals surface area contributed by atoms with Crippen LogP contribution in [0.1, 0.15) is 70.8 Å². The Kier molecular flexibility index (Phi) is 9.89. The first kappa shape index (κ1) is 33.0. The number of alkyl halides is 2. The number of aliphatic hydroxyl groups is 2. The first-order valence-corrected chi connectivity index (χ1v) is 17.1. The van der Waals surface area contributed by atoms with E-state index in [0.29, 0.717) is 43.9 Å². The van der Waals surface area contributed by atoms with Gasteiger partial charge in [0.2, 0.25) is 5.78 Å². The molecule has 1 aromatic rings. The number of aliphatic hydroxyl groups excluding tert-OH is 1. The molecule has 6 atom stereocenters. The molecule has 0 radical (unpaired) electrons. The maximum atomic E-state index is 13.5. The molecule has 9 heteroatoms. The van der Waals surface area contributed by atoms with Crippen LogP contribution in [0.25, 0.3) is 0 Å². The molecule has 7 nitrogen and oxygen atoms in total. The predicted molar refractivity (Wildman–Crippen MR) is 172 cm³/mol. The van der Waals surface area contributed by atoms with E-state index in [1.165, 1.54) is 6.08 Å². The summed E-state index contributed by atoms with van der Waals surface area (Å²) in [6.45, 7) is 5.03. The van der Waals surface area contributed by atoms with Crippen LogP contribution in [0.15, 0.2) is 47.7 Å². The zero-order valence-corrected chi connectivity index (χ0v) is 27.3. The summed E-state index contributed by atoms with van der Waals surface area (Å²) >= 11 is 11.8. The number of hydrogen-bond donors (Lipinski definition) is 2. The van der Waals surface area contributed by atoms with Gasteiger partial charge < -0.3 is 19.8 Å². The van der Waals surface area contributed by atoms with Crippen molar-refractivity contribution in [3.8, 4) is 0 Å². The average Bonchev–Trinajstić information content (AvgIpc) is 3.28. The van der Waals surface area contributed by atoms with Crippen LogP contribution in [0.4, 0.5) is 5.69 Å². The second kappa shape index (κ2) is 13.2. The number of allylic oxidation sites excluding steroid dienone is 3. The minimum Gasteiger partial charge on any atom is -0.508 e. The number of carbonyl (C=O) groups is 3. The molecule has 2 N–H and O–H groups in total. The minimum absolute atomic E-state index is 0.0272. The molecule has 0 heterocycles. The van der Waals surface area contributed by atoms with Crippen LogP contribution in [0, 0.1) is 28.6 Å². The summed E-state index contributed by atoms with van der Waals surface area (Å²) in [6, 6.07) is 8.14. The molecule has 0 bridgehead atoms. The molecule has 3 saturated carbocycles. The fourth-order valence-corrected chi connectivity index (χ4v) is 9.40. The molecule has 44 heavy (non-hydrogen) atoms. The first-order chi connectivity index (χ1) is 21.0. The lowest BCUT2D eigenvalue weighted by Crippen LogP contribution is -2.59. The lowest BCUT2D eigenvalue weighted by atomic mass is 9.46. The Morgan fingerprint density at radius 2 is 1.68 bits per heavy atom. The zero-order chi connectivity index (χ0) is 31.7. The molecule has 3 fully saturated rings. The van der Waals surface area contributed by atoms with Crippen molar-refractivity contribution in [2.45, 2.75) is 77.2 Å². The monoisotopic (exact) mass is 645 g/mol. The van der Waals surface area contributed by atoms with Gasteiger partial charge in [0.1, 0.15) is 11.4 Å². The maximum Gasteiger partial charge on any atom is 0.306 e. The predicted octanol–water partition coefficient (Wildman–Crippen LogP) is 6.33. The normalized spacial score (nSPS) is 32.6. The van der Waals surface area contributed by atoms with Crippen molar-refractivity contribution < 1.29 is 29.3 Å². The Bertz CT molecular complexity index is 1320. The number of ketones is 2. The van der Waals surface area contributed by atoms with Crippen LogP contribution in [0.2, 0.25) is 0 Å². The summed E-state index contributed by atoms with van der Waals surface area (Å²) in [4.78, 5) is 41.4. The van der Waals surface area contributed by atoms with E-state index in [1.807, 2.05) is 38.1 Å². The second-order valence-electron chi connectivity index (χ2n) is 13.5. The SMILES string of the molecule is C[C@]12C(=O)C=C(O)C=C1CC[C@@H]1[C@@H]2CC[C@@]2(C)[C@H]1CC[C@]2(O)C(=O)COC(=O)CCCc1ccc(N(CCCl)CCCl)cc1. The molecule has 0 aromatic heterocycles. The van der Waals surface area contributed by atoms with Crippen molar-refractivity contribution in [3.05, 3.63) is 53.3 Å². The van der Waals surface area contributed by atoms with Crippen molar-refractivity contribution >= 4 is 46.4 Å². The van der Waals surface area contributed by atoms with Gasteiger partial charge in [0.15, 0.2) is 12.4 Å². The van der Waals surface area contributed by atoms with Crippen molar-refractivity contribution in [2.75, 3.05) is 36.4 Å². The maximum absolute atomic E-state index is 13.5. The quantitative estimate of drug-likeness (QED) is 0.202. The number of carbonyl (C=O) groups excluding carboxylic acids is 3. The van der Waals surface area contributed by atoms with E-state index in [9.17, 15) is 24.6 Å². The van der Waals surface area contributed by atoms with Crippen LogP contribution < -0.4 is 4.90 Å². The van der Waals surface area contributed by atoms with Crippen molar-refractivity contribution in [1.82, 2.24) is 0 Å². The molecule has 240 valence electrons. The van der Waals surface area contributed by atoms with E-state index in [2.05, 4.69) is 4.90 Å². The van der Waals surface area contributed by atoms with Crippen LogP contribution in [0.5, 0.6) is 0 Å². The molecular weight excluding hydrogens is 601 g/mol. The number of benzene rings is 1.